The van der Waals surface area contributed by atoms with Crippen molar-refractivity contribution in [1.82, 2.24) is 4.90 Å². The molecule has 0 bridgehead atoms. The van der Waals surface area contributed by atoms with Crippen LogP contribution in [0.4, 0.5) is 0 Å². The Labute approximate surface area is 112 Å². The molecule has 1 aliphatic heterocycles. The Bertz CT molecular complexity index is 239. The highest BCUT2D eigenvalue weighted by molar-refractivity contribution is 4.88. The maximum atomic E-state index is 9.17. The zero-order valence-electron chi connectivity index (χ0n) is 12.0. The van der Waals surface area contributed by atoms with Gasteiger partial charge in [-0.15, -0.1) is 0 Å². The van der Waals surface area contributed by atoms with Gasteiger partial charge >= 0.3 is 0 Å². The standard InChI is InChI=1S/C15H30N2O/c1-11-7-12(2)14(15(16)8-11)9-17-5-3-13(10-18)4-6-17/h11-15,18H,3-10,16H2,1-2H3. The molecule has 2 rings (SSSR count). The van der Waals surface area contributed by atoms with Crippen LogP contribution in [0.5, 0.6) is 0 Å². The monoisotopic (exact) mass is 254 g/mol. The topological polar surface area (TPSA) is 49.5 Å². The molecule has 4 atom stereocenters. The van der Waals surface area contributed by atoms with Gasteiger partial charge in [-0.2, -0.15) is 0 Å². The molecule has 0 spiro atoms. The molecule has 3 heteroatoms. The van der Waals surface area contributed by atoms with Crippen LogP contribution in [0, 0.1) is 23.7 Å². The van der Waals surface area contributed by atoms with Gasteiger partial charge in [-0.25, -0.2) is 0 Å². The number of nitrogens with zero attached hydrogens (tertiary/aromatic N) is 1. The van der Waals surface area contributed by atoms with Crippen molar-refractivity contribution in [3.63, 3.8) is 0 Å². The largest absolute Gasteiger partial charge is 0.396 e. The summed E-state index contributed by atoms with van der Waals surface area (Å²) in [6.45, 7) is 8.55. The summed E-state index contributed by atoms with van der Waals surface area (Å²) in [6.07, 6.45) is 4.85. The summed E-state index contributed by atoms with van der Waals surface area (Å²) in [5, 5.41) is 9.17. The zero-order chi connectivity index (χ0) is 13.1. The van der Waals surface area contributed by atoms with Gasteiger partial charge in [0.05, 0.1) is 0 Å². The highest BCUT2D eigenvalue weighted by atomic mass is 16.3. The lowest BCUT2D eigenvalue weighted by atomic mass is 9.72. The fourth-order valence-electron chi connectivity index (χ4n) is 3.93. The maximum absolute atomic E-state index is 9.17. The Kier molecular flexibility index (Phi) is 5.05. The SMILES string of the molecule is CC1CC(C)C(CN2CCC(CO)CC2)C(N)C1. The number of aliphatic hydroxyl groups excluding tert-OH is 1. The molecular formula is C15H30N2O. The maximum Gasteiger partial charge on any atom is 0.0460 e. The van der Waals surface area contributed by atoms with Gasteiger partial charge in [-0.3, -0.25) is 0 Å². The molecular weight excluding hydrogens is 224 g/mol. The second kappa shape index (κ2) is 6.36. The van der Waals surface area contributed by atoms with Gasteiger partial charge in [0, 0.05) is 19.2 Å². The first-order chi connectivity index (χ1) is 8.60. The third kappa shape index (κ3) is 3.46. The van der Waals surface area contributed by atoms with Crippen LogP contribution in [-0.4, -0.2) is 42.3 Å². The normalized spacial score (nSPS) is 40.0. The molecule has 0 aromatic carbocycles. The zero-order valence-corrected chi connectivity index (χ0v) is 12.0. The molecule has 0 aromatic rings. The molecule has 3 nitrogen and oxygen atoms in total. The van der Waals surface area contributed by atoms with E-state index in [9.17, 15) is 5.11 Å². The van der Waals surface area contributed by atoms with Crippen molar-refractivity contribution in [2.24, 2.45) is 29.4 Å². The van der Waals surface area contributed by atoms with E-state index in [4.69, 9.17) is 5.73 Å². The van der Waals surface area contributed by atoms with Crippen LogP contribution in [0.1, 0.15) is 39.5 Å². The van der Waals surface area contributed by atoms with Crippen molar-refractivity contribution in [2.75, 3.05) is 26.2 Å². The van der Waals surface area contributed by atoms with E-state index in [0.717, 1.165) is 37.8 Å². The van der Waals surface area contributed by atoms with Crippen LogP contribution >= 0.6 is 0 Å². The van der Waals surface area contributed by atoms with Gasteiger partial charge in [-0.05, 0) is 62.4 Å². The number of hydrogen-bond donors (Lipinski definition) is 2. The van der Waals surface area contributed by atoms with Gasteiger partial charge in [0.2, 0.25) is 0 Å². The molecule has 1 saturated carbocycles. The average Bonchev–Trinajstić information content (AvgIpc) is 2.34. The number of rotatable bonds is 3. The number of aliphatic hydroxyl groups is 1. The van der Waals surface area contributed by atoms with Crippen LogP contribution < -0.4 is 5.73 Å². The predicted octanol–water partition coefficient (Wildman–Crippen LogP) is 1.70. The third-order valence-corrected chi connectivity index (χ3v) is 5.16. The molecule has 0 aromatic heterocycles. The Balaban J connectivity index is 1.82. The lowest BCUT2D eigenvalue weighted by molar-refractivity contribution is 0.0808. The summed E-state index contributed by atoms with van der Waals surface area (Å²) >= 11 is 0. The van der Waals surface area contributed by atoms with E-state index in [1.54, 1.807) is 0 Å². The predicted molar refractivity (Wildman–Crippen MR) is 75.3 cm³/mol. The molecule has 0 radical (unpaired) electrons. The smallest absolute Gasteiger partial charge is 0.0460 e. The summed E-state index contributed by atoms with van der Waals surface area (Å²) in [7, 11) is 0. The van der Waals surface area contributed by atoms with Crippen molar-refractivity contribution in [3.05, 3.63) is 0 Å². The first-order valence-corrected chi connectivity index (χ1v) is 7.69. The van der Waals surface area contributed by atoms with Crippen LogP contribution in [0.2, 0.25) is 0 Å². The average molecular weight is 254 g/mol. The van der Waals surface area contributed by atoms with E-state index in [-0.39, 0.29) is 0 Å². The minimum Gasteiger partial charge on any atom is -0.396 e. The van der Waals surface area contributed by atoms with Crippen LogP contribution in [0.25, 0.3) is 0 Å². The van der Waals surface area contributed by atoms with Gasteiger partial charge in [0.1, 0.15) is 0 Å². The molecule has 1 aliphatic carbocycles. The van der Waals surface area contributed by atoms with E-state index in [0.29, 0.717) is 24.5 Å². The van der Waals surface area contributed by atoms with E-state index in [1.807, 2.05) is 0 Å². The number of likely N-dealkylation sites (tertiary alicyclic amines) is 1. The number of nitrogens with two attached hydrogens (primary N) is 1. The lowest BCUT2D eigenvalue weighted by Gasteiger charge is -2.42. The van der Waals surface area contributed by atoms with Crippen molar-refractivity contribution >= 4 is 0 Å². The fraction of sp³-hybridized carbons (Fsp3) is 1.00. The minimum atomic E-state index is 0.366. The summed E-state index contributed by atoms with van der Waals surface area (Å²) in [6, 6.07) is 0.388. The van der Waals surface area contributed by atoms with E-state index < -0.39 is 0 Å². The molecule has 3 N–H and O–H groups in total. The third-order valence-electron chi connectivity index (χ3n) is 5.16. The van der Waals surface area contributed by atoms with Gasteiger partial charge in [0.15, 0.2) is 0 Å². The fourth-order valence-corrected chi connectivity index (χ4v) is 3.93. The van der Waals surface area contributed by atoms with Crippen molar-refractivity contribution < 1.29 is 5.11 Å². The molecule has 106 valence electrons. The molecule has 4 unspecified atom stereocenters. The lowest BCUT2D eigenvalue weighted by Crippen LogP contribution is -2.48. The first kappa shape index (κ1) is 14.3. The van der Waals surface area contributed by atoms with Crippen LogP contribution in [-0.2, 0) is 0 Å². The quantitative estimate of drug-likeness (QED) is 0.806. The molecule has 18 heavy (non-hydrogen) atoms. The van der Waals surface area contributed by atoms with E-state index >= 15 is 0 Å². The van der Waals surface area contributed by atoms with Crippen molar-refractivity contribution in [3.8, 4) is 0 Å². The second-order valence-corrected chi connectivity index (χ2v) is 6.81. The Morgan fingerprint density at radius 1 is 1.17 bits per heavy atom. The molecule has 1 heterocycles. The van der Waals surface area contributed by atoms with Crippen molar-refractivity contribution in [1.29, 1.82) is 0 Å². The molecule has 2 aliphatic rings. The number of hydrogen-bond acceptors (Lipinski definition) is 3. The van der Waals surface area contributed by atoms with Crippen molar-refractivity contribution in [2.45, 2.75) is 45.6 Å². The Morgan fingerprint density at radius 3 is 2.39 bits per heavy atom. The van der Waals surface area contributed by atoms with Gasteiger partial charge < -0.3 is 15.7 Å². The van der Waals surface area contributed by atoms with Crippen LogP contribution in [0.15, 0.2) is 0 Å². The van der Waals surface area contributed by atoms with Crippen LogP contribution in [0.3, 0.4) is 0 Å². The molecule has 2 fully saturated rings. The first-order valence-electron chi connectivity index (χ1n) is 7.69. The summed E-state index contributed by atoms with van der Waals surface area (Å²) in [5.41, 5.74) is 6.36. The van der Waals surface area contributed by atoms with Gasteiger partial charge in [0.25, 0.3) is 0 Å². The Hall–Kier alpha value is -0.120. The molecule has 0 amide bonds. The second-order valence-electron chi connectivity index (χ2n) is 6.81. The molecule has 1 saturated heterocycles. The van der Waals surface area contributed by atoms with E-state index in [1.165, 1.54) is 19.4 Å². The Morgan fingerprint density at radius 2 is 1.83 bits per heavy atom. The minimum absolute atomic E-state index is 0.366. The van der Waals surface area contributed by atoms with Gasteiger partial charge in [-0.1, -0.05) is 13.8 Å². The van der Waals surface area contributed by atoms with E-state index in [2.05, 4.69) is 18.7 Å². The number of piperidine rings is 1. The summed E-state index contributed by atoms with van der Waals surface area (Å²) < 4.78 is 0. The highest BCUT2D eigenvalue weighted by Gasteiger charge is 2.33. The summed E-state index contributed by atoms with van der Waals surface area (Å²) in [5.74, 6) is 2.77. The highest BCUT2D eigenvalue weighted by Crippen LogP contribution is 2.33. The summed E-state index contributed by atoms with van der Waals surface area (Å²) in [4.78, 5) is 2.57.